The molecule has 3 aromatic rings. The molecule has 1 aliphatic rings. The van der Waals surface area contributed by atoms with Gasteiger partial charge in [-0.3, -0.25) is 4.98 Å². The van der Waals surface area contributed by atoms with Gasteiger partial charge in [0, 0.05) is 24.5 Å². The predicted molar refractivity (Wildman–Crippen MR) is 104 cm³/mol. The van der Waals surface area contributed by atoms with Gasteiger partial charge in [-0.1, -0.05) is 12.1 Å². The van der Waals surface area contributed by atoms with Gasteiger partial charge >= 0.3 is 0 Å². The fourth-order valence-electron chi connectivity index (χ4n) is 3.18. The Morgan fingerprint density at radius 1 is 1.23 bits per heavy atom. The molecule has 6 heteroatoms. The second kappa shape index (κ2) is 7.30. The van der Waals surface area contributed by atoms with Crippen molar-refractivity contribution in [2.75, 3.05) is 6.79 Å². The van der Waals surface area contributed by atoms with E-state index < -0.39 is 0 Å². The second-order valence-corrected chi connectivity index (χ2v) is 6.09. The Bertz CT molecular complexity index is 965. The first-order valence-corrected chi connectivity index (χ1v) is 8.25. The van der Waals surface area contributed by atoms with Crippen LogP contribution in [0.2, 0.25) is 0 Å². The summed E-state index contributed by atoms with van der Waals surface area (Å²) in [5.41, 5.74) is 5.37. The summed E-state index contributed by atoms with van der Waals surface area (Å²) < 4.78 is 19.1. The molecular weight excluding hydrogens is 352 g/mol. The lowest BCUT2D eigenvalue weighted by atomic mass is 10.2. The number of nitrogens with zero attached hydrogens (tertiary/aromatic N) is 2. The number of aromatic nitrogens is 2. The molecule has 136 valence electrons. The molecule has 26 heavy (non-hydrogen) atoms. The Labute approximate surface area is 158 Å². The van der Waals surface area contributed by atoms with Crippen LogP contribution in [0.15, 0.2) is 43.1 Å². The molecule has 0 atom stereocenters. The number of pyridine rings is 1. The number of fused-ring (bicyclic) bond motifs is 2. The van der Waals surface area contributed by atoms with Crippen molar-refractivity contribution < 1.29 is 14.2 Å². The van der Waals surface area contributed by atoms with Crippen LogP contribution in [0.3, 0.4) is 0 Å². The molecule has 0 N–H and O–H groups in total. The third-order valence-electron chi connectivity index (χ3n) is 4.60. The largest absolute Gasteiger partial charge is 0.487 e. The molecular formula is C20H21ClN2O3. The molecule has 4 rings (SSSR count). The first-order chi connectivity index (χ1) is 12.2. The van der Waals surface area contributed by atoms with E-state index in [1.807, 2.05) is 30.3 Å². The van der Waals surface area contributed by atoms with Crippen molar-refractivity contribution in [3.63, 3.8) is 0 Å². The van der Waals surface area contributed by atoms with Crippen molar-refractivity contribution in [3.05, 3.63) is 59.9 Å². The van der Waals surface area contributed by atoms with Gasteiger partial charge in [0.25, 0.3) is 0 Å². The summed E-state index contributed by atoms with van der Waals surface area (Å²) in [6, 6.07) is 7.77. The normalized spacial score (nSPS) is 12.1. The summed E-state index contributed by atoms with van der Waals surface area (Å²) in [6.45, 7) is 9.50. The minimum absolute atomic E-state index is 0. The van der Waals surface area contributed by atoms with Gasteiger partial charge < -0.3 is 18.8 Å². The molecule has 2 aromatic heterocycles. The molecule has 1 aliphatic heterocycles. The molecule has 0 saturated heterocycles. The van der Waals surface area contributed by atoms with Crippen LogP contribution >= 0.6 is 12.4 Å². The molecule has 0 spiro atoms. The molecule has 3 heterocycles. The van der Waals surface area contributed by atoms with E-state index in [4.69, 9.17) is 14.2 Å². The SMILES string of the molecule is C=CCn1c(C)c(C)c2nccc(OCc3ccc4c(c3)OCO4)c21.Cl. The van der Waals surface area contributed by atoms with Gasteiger partial charge in [0.15, 0.2) is 11.5 Å². The Hall–Kier alpha value is -2.66. The molecule has 0 fully saturated rings. The highest BCUT2D eigenvalue weighted by Crippen LogP contribution is 2.34. The van der Waals surface area contributed by atoms with Gasteiger partial charge in [-0.15, -0.1) is 19.0 Å². The summed E-state index contributed by atoms with van der Waals surface area (Å²) in [6.07, 6.45) is 3.68. The summed E-state index contributed by atoms with van der Waals surface area (Å²) >= 11 is 0. The lowest BCUT2D eigenvalue weighted by molar-refractivity contribution is 0.174. The third-order valence-corrected chi connectivity index (χ3v) is 4.60. The van der Waals surface area contributed by atoms with Crippen LogP contribution in [-0.4, -0.2) is 16.3 Å². The van der Waals surface area contributed by atoms with Crippen LogP contribution in [0.25, 0.3) is 11.0 Å². The average Bonchev–Trinajstić information content (AvgIpc) is 3.19. The van der Waals surface area contributed by atoms with Crippen LogP contribution in [0.4, 0.5) is 0 Å². The number of benzene rings is 1. The van der Waals surface area contributed by atoms with Gasteiger partial charge in [0.2, 0.25) is 6.79 Å². The Balaban J connectivity index is 0.00000196. The molecule has 0 bridgehead atoms. The van der Waals surface area contributed by atoms with E-state index >= 15 is 0 Å². The Kier molecular flexibility index (Phi) is 5.09. The number of hydrogen-bond donors (Lipinski definition) is 0. The summed E-state index contributed by atoms with van der Waals surface area (Å²) in [5, 5.41) is 0. The number of ether oxygens (including phenoxy) is 3. The maximum Gasteiger partial charge on any atom is 0.231 e. The van der Waals surface area contributed by atoms with Crippen molar-refractivity contribution >= 4 is 23.4 Å². The van der Waals surface area contributed by atoms with E-state index in [1.165, 1.54) is 11.3 Å². The van der Waals surface area contributed by atoms with Crippen LogP contribution in [0.5, 0.6) is 17.2 Å². The topological polar surface area (TPSA) is 45.5 Å². The first kappa shape index (κ1) is 18.1. The zero-order chi connectivity index (χ0) is 17.4. The van der Waals surface area contributed by atoms with Gasteiger partial charge in [-0.2, -0.15) is 0 Å². The quantitative estimate of drug-likeness (QED) is 0.615. The summed E-state index contributed by atoms with van der Waals surface area (Å²) in [7, 11) is 0. The van der Waals surface area contributed by atoms with Gasteiger partial charge in [0.05, 0.1) is 5.52 Å². The van der Waals surface area contributed by atoms with E-state index in [9.17, 15) is 0 Å². The lowest BCUT2D eigenvalue weighted by Gasteiger charge is -2.11. The molecule has 0 unspecified atom stereocenters. The summed E-state index contributed by atoms with van der Waals surface area (Å²) in [5.74, 6) is 2.37. The standard InChI is InChI=1S/C20H20N2O3.ClH/c1-4-9-22-14(3)13(2)19-20(22)17(7-8-21-19)23-11-15-5-6-16-18(10-15)25-12-24-16;/h4-8,10H,1,9,11-12H2,2-3H3;1H. The molecule has 1 aromatic carbocycles. The molecule has 0 radical (unpaired) electrons. The highest BCUT2D eigenvalue weighted by Gasteiger charge is 2.17. The van der Waals surface area contributed by atoms with E-state index in [1.54, 1.807) is 6.20 Å². The van der Waals surface area contributed by atoms with Crippen molar-refractivity contribution in [2.24, 2.45) is 0 Å². The molecule has 0 amide bonds. The van der Waals surface area contributed by atoms with Crippen LogP contribution in [0.1, 0.15) is 16.8 Å². The van der Waals surface area contributed by atoms with Crippen LogP contribution in [0, 0.1) is 13.8 Å². The third kappa shape index (κ3) is 2.99. The number of allylic oxidation sites excluding steroid dienone is 1. The second-order valence-electron chi connectivity index (χ2n) is 6.09. The highest BCUT2D eigenvalue weighted by molar-refractivity contribution is 5.86. The Morgan fingerprint density at radius 2 is 2.04 bits per heavy atom. The van der Waals surface area contributed by atoms with Crippen molar-refractivity contribution in [2.45, 2.75) is 27.0 Å². The predicted octanol–water partition coefficient (Wildman–Crippen LogP) is 4.57. The van der Waals surface area contributed by atoms with Gasteiger partial charge in [-0.05, 0) is 37.1 Å². The van der Waals surface area contributed by atoms with Gasteiger partial charge in [0.1, 0.15) is 17.9 Å². The maximum absolute atomic E-state index is 6.13. The number of hydrogen-bond acceptors (Lipinski definition) is 4. The van der Waals surface area contributed by atoms with Crippen molar-refractivity contribution in [1.82, 2.24) is 9.55 Å². The molecule has 5 nitrogen and oxygen atoms in total. The van der Waals surface area contributed by atoms with E-state index in [-0.39, 0.29) is 19.2 Å². The average molecular weight is 373 g/mol. The number of halogens is 1. The summed E-state index contributed by atoms with van der Waals surface area (Å²) in [4.78, 5) is 4.54. The fourth-order valence-corrected chi connectivity index (χ4v) is 3.18. The van der Waals surface area contributed by atoms with Crippen molar-refractivity contribution in [1.29, 1.82) is 0 Å². The minimum atomic E-state index is 0. The number of aryl methyl sites for hydroxylation is 1. The zero-order valence-corrected chi connectivity index (χ0v) is 15.6. The van der Waals surface area contributed by atoms with E-state index in [2.05, 4.69) is 30.0 Å². The van der Waals surface area contributed by atoms with E-state index in [0.29, 0.717) is 6.61 Å². The molecule has 0 saturated carbocycles. The van der Waals surface area contributed by atoms with E-state index in [0.717, 1.165) is 40.4 Å². The molecule has 0 aliphatic carbocycles. The number of rotatable bonds is 5. The van der Waals surface area contributed by atoms with Gasteiger partial charge in [-0.25, -0.2) is 0 Å². The zero-order valence-electron chi connectivity index (χ0n) is 14.8. The Morgan fingerprint density at radius 3 is 2.85 bits per heavy atom. The van der Waals surface area contributed by atoms with Crippen molar-refractivity contribution in [3.8, 4) is 17.2 Å². The smallest absolute Gasteiger partial charge is 0.231 e. The monoisotopic (exact) mass is 372 g/mol. The lowest BCUT2D eigenvalue weighted by Crippen LogP contribution is -2.01. The first-order valence-electron chi connectivity index (χ1n) is 8.25. The van der Waals surface area contributed by atoms with Crippen LogP contribution in [-0.2, 0) is 13.2 Å². The minimum Gasteiger partial charge on any atom is -0.487 e. The van der Waals surface area contributed by atoms with Crippen LogP contribution < -0.4 is 14.2 Å². The maximum atomic E-state index is 6.13. The fraction of sp³-hybridized carbons (Fsp3) is 0.250. The highest BCUT2D eigenvalue weighted by atomic mass is 35.5.